The van der Waals surface area contributed by atoms with E-state index in [4.69, 9.17) is 9.26 Å². The third kappa shape index (κ3) is 6.62. The number of carbonyl (C=O) groups excluding carboxylic acids is 2. The lowest BCUT2D eigenvalue weighted by Crippen LogP contribution is -2.54. The molecule has 3 aromatic rings. The van der Waals surface area contributed by atoms with Gasteiger partial charge in [-0.05, 0) is 61.4 Å². The summed E-state index contributed by atoms with van der Waals surface area (Å²) in [6, 6.07) is 12.0. The fourth-order valence-corrected chi connectivity index (χ4v) is 4.35. The summed E-state index contributed by atoms with van der Waals surface area (Å²) in [5, 5.41) is 6.43. The monoisotopic (exact) mass is 506 g/mol. The van der Waals surface area contributed by atoms with Crippen molar-refractivity contribution in [2.45, 2.75) is 32.5 Å². The van der Waals surface area contributed by atoms with Crippen molar-refractivity contribution < 1.29 is 23.2 Å². The van der Waals surface area contributed by atoms with Crippen molar-refractivity contribution in [2.75, 3.05) is 26.2 Å². The molecule has 2 heterocycles. The second-order valence-electron chi connectivity index (χ2n) is 9.20. The van der Waals surface area contributed by atoms with Crippen LogP contribution in [0.15, 0.2) is 72.1 Å². The van der Waals surface area contributed by atoms with Crippen LogP contribution in [0.2, 0.25) is 0 Å². The zero-order valence-electron chi connectivity index (χ0n) is 21.0. The third-order valence-corrected chi connectivity index (χ3v) is 6.49. The second kappa shape index (κ2) is 11.8. The maximum Gasteiger partial charge on any atom is 0.251 e. The van der Waals surface area contributed by atoms with Crippen LogP contribution < -0.4 is 10.1 Å². The Morgan fingerprint density at radius 3 is 2.70 bits per heavy atom. The zero-order valence-corrected chi connectivity index (χ0v) is 21.0. The first-order valence-electron chi connectivity index (χ1n) is 12.2. The third-order valence-electron chi connectivity index (χ3n) is 6.49. The number of piperazine rings is 1. The first-order valence-corrected chi connectivity index (χ1v) is 12.2. The van der Waals surface area contributed by atoms with Crippen LogP contribution in [0.5, 0.6) is 5.75 Å². The average molecular weight is 507 g/mol. The number of carbonyl (C=O) groups is 2. The highest BCUT2D eigenvalue weighted by atomic mass is 19.1. The maximum absolute atomic E-state index is 14.4. The van der Waals surface area contributed by atoms with Crippen LogP contribution in [-0.2, 0) is 11.3 Å². The standard InChI is InChI=1S/C28H31FN4O4/c1-4-27(34)33-12-11-32(16-20(33)3)17-26(23-6-5-19(2)25(29)13-23)37-24-9-7-22(8-10-24)28(35)30-14-21-15-31-36-18-21/h4-10,13,15,18,20,26H,1,11-12,14,16-17H2,2-3H3,(H,30,35)/t20-,26-/m1/s1. The van der Waals surface area contributed by atoms with Crippen LogP contribution in [0.4, 0.5) is 4.39 Å². The van der Waals surface area contributed by atoms with Crippen molar-refractivity contribution in [3.05, 3.63) is 95.7 Å². The smallest absolute Gasteiger partial charge is 0.251 e. The van der Waals surface area contributed by atoms with Gasteiger partial charge in [0.1, 0.15) is 23.9 Å². The Balaban J connectivity index is 1.45. The number of hydrogen-bond acceptors (Lipinski definition) is 6. The Morgan fingerprint density at radius 2 is 2.05 bits per heavy atom. The van der Waals surface area contributed by atoms with Crippen LogP contribution >= 0.6 is 0 Å². The predicted octanol–water partition coefficient (Wildman–Crippen LogP) is 3.89. The highest BCUT2D eigenvalue weighted by molar-refractivity contribution is 5.94. The van der Waals surface area contributed by atoms with E-state index in [9.17, 15) is 14.0 Å². The number of nitrogens with one attached hydrogen (secondary N) is 1. The van der Waals surface area contributed by atoms with E-state index in [0.717, 1.165) is 11.1 Å². The quantitative estimate of drug-likeness (QED) is 0.443. The first kappa shape index (κ1) is 26.1. The number of ether oxygens (including phenoxy) is 1. The lowest BCUT2D eigenvalue weighted by atomic mass is 10.0. The molecule has 2 aromatic carbocycles. The van der Waals surface area contributed by atoms with Gasteiger partial charge < -0.3 is 19.5 Å². The molecule has 4 rings (SSSR count). The molecule has 0 radical (unpaired) electrons. The summed E-state index contributed by atoms with van der Waals surface area (Å²) in [6.07, 6.45) is 3.91. The molecule has 1 aromatic heterocycles. The van der Waals surface area contributed by atoms with Crippen LogP contribution in [0.1, 0.15) is 40.1 Å². The van der Waals surface area contributed by atoms with Gasteiger partial charge in [-0.2, -0.15) is 0 Å². The van der Waals surface area contributed by atoms with Crippen LogP contribution in [0.25, 0.3) is 0 Å². The summed E-state index contributed by atoms with van der Waals surface area (Å²) in [5.41, 5.74) is 2.54. The van der Waals surface area contributed by atoms with Gasteiger partial charge in [-0.25, -0.2) is 4.39 Å². The van der Waals surface area contributed by atoms with Crippen LogP contribution in [-0.4, -0.2) is 59.0 Å². The van der Waals surface area contributed by atoms with E-state index < -0.39 is 6.10 Å². The molecular formula is C28H31FN4O4. The number of benzene rings is 2. The Morgan fingerprint density at radius 1 is 1.27 bits per heavy atom. The Kier molecular flexibility index (Phi) is 8.35. The van der Waals surface area contributed by atoms with Crippen molar-refractivity contribution in [1.29, 1.82) is 0 Å². The summed E-state index contributed by atoms with van der Waals surface area (Å²) in [7, 11) is 0. The topological polar surface area (TPSA) is 87.9 Å². The Bertz CT molecular complexity index is 1230. The molecule has 0 unspecified atom stereocenters. The maximum atomic E-state index is 14.4. The Hall–Kier alpha value is -3.98. The zero-order chi connectivity index (χ0) is 26.4. The van der Waals surface area contributed by atoms with Crippen LogP contribution in [0.3, 0.4) is 0 Å². The molecule has 194 valence electrons. The van der Waals surface area contributed by atoms with Crippen molar-refractivity contribution >= 4 is 11.8 Å². The molecule has 1 saturated heterocycles. The van der Waals surface area contributed by atoms with E-state index in [0.29, 0.717) is 49.6 Å². The SMILES string of the molecule is C=CC(=O)N1CCN(C[C@@H](Oc2ccc(C(=O)NCc3cnoc3)cc2)c2ccc(C)c(F)c2)C[C@H]1C. The molecule has 2 amide bonds. The lowest BCUT2D eigenvalue weighted by Gasteiger charge is -2.40. The minimum absolute atomic E-state index is 0.0188. The van der Waals surface area contributed by atoms with Gasteiger partial charge in [-0.3, -0.25) is 14.5 Å². The van der Waals surface area contributed by atoms with Gasteiger partial charge in [0.2, 0.25) is 5.91 Å². The Labute approximate surface area is 215 Å². The van der Waals surface area contributed by atoms with Gasteiger partial charge in [0.15, 0.2) is 0 Å². The van der Waals surface area contributed by atoms with E-state index in [1.807, 2.05) is 13.0 Å². The van der Waals surface area contributed by atoms with E-state index in [1.54, 1.807) is 48.4 Å². The van der Waals surface area contributed by atoms with E-state index >= 15 is 0 Å². The van der Waals surface area contributed by atoms with Crippen molar-refractivity contribution in [2.24, 2.45) is 0 Å². The average Bonchev–Trinajstić information content (AvgIpc) is 3.42. The minimum atomic E-state index is -0.447. The normalized spacial score (nSPS) is 16.7. The van der Waals surface area contributed by atoms with Gasteiger partial charge >= 0.3 is 0 Å². The minimum Gasteiger partial charge on any atom is -0.484 e. The summed E-state index contributed by atoms with van der Waals surface area (Å²) in [6.45, 7) is 10.1. The molecule has 9 heteroatoms. The number of halogens is 1. The van der Waals surface area contributed by atoms with Gasteiger partial charge in [0, 0.05) is 49.9 Å². The van der Waals surface area contributed by atoms with Crippen molar-refractivity contribution in [3.63, 3.8) is 0 Å². The summed E-state index contributed by atoms with van der Waals surface area (Å²) >= 11 is 0. The summed E-state index contributed by atoms with van der Waals surface area (Å²) < 4.78 is 25.5. The molecular weight excluding hydrogens is 475 g/mol. The molecule has 1 fully saturated rings. The lowest BCUT2D eigenvalue weighted by molar-refractivity contribution is -0.130. The van der Waals surface area contributed by atoms with Crippen LogP contribution in [0, 0.1) is 12.7 Å². The molecule has 1 aliphatic rings. The number of amides is 2. The van der Waals surface area contributed by atoms with Crippen molar-refractivity contribution in [1.82, 2.24) is 20.3 Å². The van der Waals surface area contributed by atoms with Gasteiger partial charge in [0.25, 0.3) is 5.91 Å². The van der Waals surface area contributed by atoms with Gasteiger partial charge in [-0.15, -0.1) is 0 Å². The summed E-state index contributed by atoms with van der Waals surface area (Å²) in [4.78, 5) is 28.6. The van der Waals surface area contributed by atoms with E-state index in [-0.39, 0.29) is 23.7 Å². The molecule has 8 nitrogen and oxygen atoms in total. The van der Waals surface area contributed by atoms with Gasteiger partial charge in [0.05, 0.1) is 6.20 Å². The van der Waals surface area contributed by atoms with Crippen molar-refractivity contribution in [3.8, 4) is 5.75 Å². The van der Waals surface area contributed by atoms with E-state index in [1.165, 1.54) is 18.4 Å². The number of aromatic nitrogens is 1. The molecule has 0 aliphatic carbocycles. The van der Waals surface area contributed by atoms with Gasteiger partial charge in [-0.1, -0.05) is 23.9 Å². The molecule has 1 N–H and O–H groups in total. The molecule has 1 aliphatic heterocycles. The molecule has 0 spiro atoms. The fraction of sp³-hybridized carbons (Fsp3) is 0.321. The number of aryl methyl sites for hydroxylation is 1. The molecule has 0 saturated carbocycles. The number of hydrogen-bond donors (Lipinski definition) is 1. The molecule has 37 heavy (non-hydrogen) atoms. The molecule has 2 atom stereocenters. The predicted molar refractivity (Wildman–Crippen MR) is 136 cm³/mol. The number of nitrogens with zero attached hydrogens (tertiary/aromatic N) is 3. The highest BCUT2D eigenvalue weighted by Gasteiger charge is 2.28. The molecule has 0 bridgehead atoms. The fourth-order valence-electron chi connectivity index (χ4n) is 4.35. The largest absolute Gasteiger partial charge is 0.484 e. The first-order chi connectivity index (χ1) is 17.8. The van der Waals surface area contributed by atoms with E-state index in [2.05, 4.69) is 22.0 Å². The summed E-state index contributed by atoms with van der Waals surface area (Å²) in [5.74, 6) is -0.0345. The highest BCUT2D eigenvalue weighted by Crippen LogP contribution is 2.26. The second-order valence-corrected chi connectivity index (χ2v) is 9.20. The number of rotatable bonds is 9.